The van der Waals surface area contributed by atoms with E-state index in [1.807, 2.05) is 6.92 Å². The zero-order chi connectivity index (χ0) is 9.84. The highest BCUT2D eigenvalue weighted by Crippen LogP contribution is 2.05. The Hall–Kier alpha value is -0.610. The van der Waals surface area contributed by atoms with Crippen molar-refractivity contribution in [2.24, 2.45) is 0 Å². The van der Waals surface area contributed by atoms with E-state index in [1.54, 1.807) is 16.8 Å². The third kappa shape index (κ3) is 2.67. The van der Waals surface area contributed by atoms with Crippen LogP contribution in [0.25, 0.3) is 0 Å². The lowest BCUT2D eigenvalue weighted by atomic mass is 10.3. The Kier molecular flexibility index (Phi) is 3.69. The number of rotatable bonds is 3. The normalized spacial score (nSPS) is 10.4. The number of aliphatic hydroxyl groups excluding tert-OH is 1. The largest absolute Gasteiger partial charge is 0.396 e. The molecule has 1 N–H and O–H groups in total. The topological polar surface area (TPSA) is 42.2 Å². The predicted octanol–water partition coefficient (Wildman–Crippen LogP) is 1.30. The van der Waals surface area contributed by atoms with Crippen LogP contribution in [0.2, 0.25) is 0 Å². The van der Waals surface area contributed by atoms with Crippen LogP contribution in [0.5, 0.6) is 0 Å². The van der Waals surface area contributed by atoms with Gasteiger partial charge in [-0.2, -0.15) is 0 Å². The molecular formula is C9H12BrNO2. The molecule has 72 valence electrons. The smallest absolute Gasteiger partial charge is 0.264 e. The molecule has 0 aliphatic carbocycles. The minimum Gasteiger partial charge on any atom is -0.396 e. The number of pyridine rings is 1. The maximum atomic E-state index is 11.5. The highest BCUT2D eigenvalue weighted by molar-refractivity contribution is 9.10. The third-order valence-corrected chi connectivity index (χ3v) is 2.30. The van der Waals surface area contributed by atoms with Crippen LogP contribution in [0.15, 0.2) is 21.5 Å². The monoisotopic (exact) mass is 245 g/mol. The van der Waals surface area contributed by atoms with Crippen molar-refractivity contribution in [1.29, 1.82) is 0 Å². The van der Waals surface area contributed by atoms with E-state index >= 15 is 0 Å². The minimum absolute atomic E-state index is 0.0425. The molecule has 0 fully saturated rings. The van der Waals surface area contributed by atoms with Gasteiger partial charge < -0.3 is 9.67 Å². The first-order valence-corrected chi connectivity index (χ1v) is 4.92. The lowest BCUT2D eigenvalue weighted by molar-refractivity contribution is 0.279. The van der Waals surface area contributed by atoms with Crippen molar-refractivity contribution in [3.63, 3.8) is 0 Å². The second-order valence-corrected chi connectivity index (χ2v) is 3.80. The van der Waals surface area contributed by atoms with Crippen molar-refractivity contribution in [2.75, 3.05) is 6.61 Å². The van der Waals surface area contributed by atoms with Gasteiger partial charge in [-0.15, -0.1) is 0 Å². The maximum absolute atomic E-state index is 11.5. The zero-order valence-electron chi connectivity index (χ0n) is 7.46. The van der Waals surface area contributed by atoms with E-state index < -0.39 is 0 Å². The van der Waals surface area contributed by atoms with E-state index in [0.717, 1.165) is 5.56 Å². The summed E-state index contributed by atoms with van der Waals surface area (Å²) in [5.41, 5.74) is 0.989. The molecule has 1 heterocycles. The SMILES string of the molecule is Cc1cc(Br)c(=O)n(CCCO)c1. The number of hydrogen-bond acceptors (Lipinski definition) is 2. The molecule has 0 bridgehead atoms. The summed E-state index contributed by atoms with van der Waals surface area (Å²) in [4.78, 5) is 11.5. The summed E-state index contributed by atoms with van der Waals surface area (Å²) in [5, 5.41) is 8.63. The Morgan fingerprint density at radius 3 is 2.92 bits per heavy atom. The van der Waals surface area contributed by atoms with Gasteiger partial charge in [-0.3, -0.25) is 4.79 Å². The van der Waals surface area contributed by atoms with Gasteiger partial charge in [0.1, 0.15) is 0 Å². The number of aromatic nitrogens is 1. The summed E-state index contributed by atoms with van der Waals surface area (Å²) in [6.45, 7) is 2.60. The highest BCUT2D eigenvalue weighted by atomic mass is 79.9. The first-order chi connectivity index (χ1) is 6.15. The van der Waals surface area contributed by atoms with Gasteiger partial charge in [-0.05, 0) is 40.9 Å². The molecule has 4 heteroatoms. The average Bonchev–Trinajstić information content (AvgIpc) is 2.09. The minimum atomic E-state index is -0.0425. The van der Waals surface area contributed by atoms with Crippen LogP contribution < -0.4 is 5.56 Å². The summed E-state index contributed by atoms with van der Waals surface area (Å²) >= 11 is 3.19. The number of nitrogens with zero attached hydrogens (tertiary/aromatic N) is 1. The molecule has 0 saturated carbocycles. The van der Waals surface area contributed by atoms with E-state index in [-0.39, 0.29) is 12.2 Å². The molecule has 0 amide bonds. The zero-order valence-corrected chi connectivity index (χ0v) is 9.04. The van der Waals surface area contributed by atoms with Gasteiger partial charge in [0.2, 0.25) is 0 Å². The van der Waals surface area contributed by atoms with E-state index in [2.05, 4.69) is 15.9 Å². The summed E-state index contributed by atoms with van der Waals surface area (Å²) in [7, 11) is 0. The van der Waals surface area contributed by atoms with Crippen molar-refractivity contribution in [1.82, 2.24) is 4.57 Å². The molecule has 0 radical (unpaired) electrons. The van der Waals surface area contributed by atoms with Crippen molar-refractivity contribution in [3.05, 3.63) is 32.7 Å². The molecule has 0 atom stereocenters. The summed E-state index contributed by atoms with van der Waals surface area (Å²) in [6, 6.07) is 1.79. The summed E-state index contributed by atoms with van der Waals surface area (Å²) in [6.07, 6.45) is 2.40. The third-order valence-electron chi connectivity index (χ3n) is 1.74. The Labute approximate surface area is 85.1 Å². The number of aliphatic hydroxyl groups is 1. The Morgan fingerprint density at radius 1 is 1.62 bits per heavy atom. The van der Waals surface area contributed by atoms with Gasteiger partial charge in [-0.1, -0.05) is 0 Å². The number of hydrogen-bond donors (Lipinski definition) is 1. The van der Waals surface area contributed by atoms with Crippen LogP contribution in [-0.2, 0) is 6.54 Å². The fourth-order valence-electron chi connectivity index (χ4n) is 1.15. The van der Waals surface area contributed by atoms with Crippen molar-refractivity contribution < 1.29 is 5.11 Å². The molecule has 0 spiro atoms. The molecular weight excluding hydrogens is 234 g/mol. The molecule has 1 aromatic heterocycles. The highest BCUT2D eigenvalue weighted by Gasteiger charge is 2.01. The van der Waals surface area contributed by atoms with Crippen LogP contribution >= 0.6 is 15.9 Å². The molecule has 0 aliphatic heterocycles. The lowest BCUT2D eigenvalue weighted by Gasteiger charge is -2.05. The summed E-state index contributed by atoms with van der Waals surface area (Å²) in [5.74, 6) is 0. The van der Waals surface area contributed by atoms with Crippen LogP contribution in [0.3, 0.4) is 0 Å². The molecule has 1 aromatic rings. The van der Waals surface area contributed by atoms with E-state index in [4.69, 9.17) is 5.11 Å². The van der Waals surface area contributed by atoms with E-state index in [1.165, 1.54) is 0 Å². The standard InChI is InChI=1S/C9H12BrNO2/c1-7-5-8(10)9(13)11(6-7)3-2-4-12/h5-6,12H,2-4H2,1H3. The quantitative estimate of drug-likeness (QED) is 0.873. The first kappa shape index (κ1) is 10.5. The van der Waals surface area contributed by atoms with Crippen LogP contribution in [0, 0.1) is 6.92 Å². The second-order valence-electron chi connectivity index (χ2n) is 2.94. The predicted molar refractivity (Wildman–Crippen MR) is 54.8 cm³/mol. The molecule has 0 aromatic carbocycles. The van der Waals surface area contributed by atoms with Gasteiger partial charge in [0.25, 0.3) is 5.56 Å². The molecule has 1 rings (SSSR count). The summed E-state index contributed by atoms with van der Waals surface area (Å²) < 4.78 is 2.18. The van der Waals surface area contributed by atoms with Gasteiger partial charge in [-0.25, -0.2) is 0 Å². The van der Waals surface area contributed by atoms with Crippen LogP contribution in [0.4, 0.5) is 0 Å². The fourth-order valence-corrected chi connectivity index (χ4v) is 1.74. The Balaban J connectivity index is 2.99. The lowest BCUT2D eigenvalue weighted by Crippen LogP contribution is -2.21. The van der Waals surface area contributed by atoms with Gasteiger partial charge in [0.15, 0.2) is 0 Å². The van der Waals surface area contributed by atoms with Gasteiger partial charge in [0.05, 0.1) is 4.47 Å². The van der Waals surface area contributed by atoms with E-state index in [9.17, 15) is 4.79 Å². The van der Waals surface area contributed by atoms with E-state index in [0.29, 0.717) is 17.4 Å². The molecule has 0 aliphatic rings. The molecule has 3 nitrogen and oxygen atoms in total. The molecule has 0 unspecified atom stereocenters. The first-order valence-electron chi connectivity index (χ1n) is 4.12. The Morgan fingerprint density at radius 2 is 2.31 bits per heavy atom. The van der Waals surface area contributed by atoms with Gasteiger partial charge in [0, 0.05) is 19.3 Å². The fraction of sp³-hybridized carbons (Fsp3) is 0.444. The second kappa shape index (κ2) is 4.58. The van der Waals surface area contributed by atoms with Crippen molar-refractivity contribution in [3.8, 4) is 0 Å². The van der Waals surface area contributed by atoms with Crippen molar-refractivity contribution in [2.45, 2.75) is 19.9 Å². The molecule has 0 saturated heterocycles. The van der Waals surface area contributed by atoms with Crippen molar-refractivity contribution >= 4 is 15.9 Å². The maximum Gasteiger partial charge on any atom is 0.264 e. The van der Waals surface area contributed by atoms with Crippen LogP contribution in [0.1, 0.15) is 12.0 Å². The van der Waals surface area contributed by atoms with Gasteiger partial charge >= 0.3 is 0 Å². The number of aryl methyl sites for hydroxylation is 2. The number of halogens is 1. The average molecular weight is 246 g/mol. The molecule has 13 heavy (non-hydrogen) atoms. The Bertz CT molecular complexity index is 346. The van der Waals surface area contributed by atoms with Crippen LogP contribution in [-0.4, -0.2) is 16.3 Å².